The van der Waals surface area contributed by atoms with Gasteiger partial charge < -0.3 is 25.3 Å². The van der Waals surface area contributed by atoms with E-state index in [1.807, 2.05) is 0 Å². The lowest BCUT2D eigenvalue weighted by molar-refractivity contribution is -0.140. The van der Waals surface area contributed by atoms with E-state index in [-0.39, 0.29) is 6.54 Å². The summed E-state index contributed by atoms with van der Waals surface area (Å²) in [6, 6.07) is 1.47. The molecule has 0 fully saturated rings. The molecule has 0 aromatic carbocycles. The number of hydrogen-bond donors (Lipinski definition) is 4. The van der Waals surface area contributed by atoms with Crippen molar-refractivity contribution in [2.75, 3.05) is 6.61 Å². The third kappa shape index (κ3) is 4.15. The summed E-state index contributed by atoms with van der Waals surface area (Å²) >= 11 is 0. The quantitative estimate of drug-likeness (QED) is 0.573. The second-order valence-corrected chi connectivity index (χ2v) is 3.41. The number of nitrogens with one attached hydrogen (secondary N) is 2. The largest absolute Gasteiger partial charge is 0.480 e. The number of carbonyl (C=O) groups excluding carboxylic acids is 1. The number of carboxylic acids is 1. The number of carbonyl (C=O) groups is 2. The summed E-state index contributed by atoms with van der Waals surface area (Å²) in [5, 5.41) is 21.8. The summed E-state index contributed by atoms with van der Waals surface area (Å²) < 4.78 is 5.20. The van der Waals surface area contributed by atoms with Crippen LogP contribution >= 0.6 is 0 Å². The van der Waals surface area contributed by atoms with E-state index in [2.05, 4.69) is 10.6 Å². The monoisotopic (exact) mass is 242 g/mol. The highest BCUT2D eigenvalue weighted by Gasteiger charge is 2.18. The van der Waals surface area contributed by atoms with Gasteiger partial charge in [-0.1, -0.05) is 0 Å². The maximum absolute atomic E-state index is 11.3. The number of aliphatic hydroxyl groups excluding tert-OH is 1. The van der Waals surface area contributed by atoms with E-state index in [9.17, 15) is 9.59 Å². The van der Waals surface area contributed by atoms with Crippen LogP contribution in [0.5, 0.6) is 0 Å². The van der Waals surface area contributed by atoms with Crippen molar-refractivity contribution >= 4 is 12.0 Å². The van der Waals surface area contributed by atoms with Gasteiger partial charge in [-0.3, -0.25) is 0 Å². The molecule has 0 saturated heterocycles. The van der Waals surface area contributed by atoms with Crippen LogP contribution in [0.15, 0.2) is 16.5 Å². The number of aliphatic carboxylic acids is 1. The van der Waals surface area contributed by atoms with Crippen LogP contribution in [0.25, 0.3) is 0 Å². The zero-order chi connectivity index (χ0) is 12.8. The van der Waals surface area contributed by atoms with E-state index in [4.69, 9.17) is 14.6 Å². The minimum absolute atomic E-state index is 0.150. The van der Waals surface area contributed by atoms with Crippen LogP contribution in [0.2, 0.25) is 0 Å². The smallest absolute Gasteiger partial charge is 0.328 e. The van der Waals surface area contributed by atoms with Crippen molar-refractivity contribution in [1.82, 2.24) is 10.6 Å². The molecule has 0 bridgehead atoms. The van der Waals surface area contributed by atoms with E-state index >= 15 is 0 Å². The summed E-state index contributed by atoms with van der Waals surface area (Å²) in [5.74, 6) is -0.00834. The predicted octanol–water partition coefficient (Wildman–Crippen LogP) is -0.167. The first-order chi connectivity index (χ1) is 8.02. The topological polar surface area (TPSA) is 112 Å². The standard InChI is InChI=1S/C10H14N2O5/c1-6-2-3-7(17-6)4-11-10(16)12-8(5-13)9(14)15/h2-3,8,13H,4-5H2,1H3,(H,14,15)(H2,11,12,16)/t8-/m1/s1. The van der Waals surface area contributed by atoms with Crippen LogP contribution in [-0.4, -0.2) is 34.9 Å². The third-order valence-electron chi connectivity index (χ3n) is 2.01. The Morgan fingerprint density at radius 1 is 1.47 bits per heavy atom. The number of hydrogen-bond acceptors (Lipinski definition) is 4. The molecule has 17 heavy (non-hydrogen) atoms. The van der Waals surface area contributed by atoms with E-state index in [1.165, 1.54) is 0 Å². The molecular weight excluding hydrogens is 228 g/mol. The van der Waals surface area contributed by atoms with Gasteiger partial charge >= 0.3 is 12.0 Å². The first-order valence-corrected chi connectivity index (χ1v) is 4.96. The minimum Gasteiger partial charge on any atom is -0.480 e. The molecule has 7 heteroatoms. The van der Waals surface area contributed by atoms with Crippen molar-refractivity contribution in [3.05, 3.63) is 23.7 Å². The molecule has 0 radical (unpaired) electrons. The van der Waals surface area contributed by atoms with E-state index in [0.29, 0.717) is 5.76 Å². The summed E-state index contributed by atoms with van der Waals surface area (Å²) in [4.78, 5) is 21.8. The van der Waals surface area contributed by atoms with Crippen LogP contribution in [0.1, 0.15) is 11.5 Å². The maximum Gasteiger partial charge on any atom is 0.328 e. The Labute approximate surface area is 97.4 Å². The van der Waals surface area contributed by atoms with Crippen LogP contribution in [0, 0.1) is 6.92 Å². The van der Waals surface area contributed by atoms with Crippen molar-refractivity contribution in [3.8, 4) is 0 Å². The molecule has 0 saturated carbocycles. The molecule has 0 unspecified atom stereocenters. The lowest BCUT2D eigenvalue weighted by Gasteiger charge is -2.11. The van der Waals surface area contributed by atoms with Crippen LogP contribution in [-0.2, 0) is 11.3 Å². The fourth-order valence-corrected chi connectivity index (χ4v) is 1.14. The predicted molar refractivity (Wildman–Crippen MR) is 57.3 cm³/mol. The van der Waals surface area contributed by atoms with Gasteiger partial charge in [0, 0.05) is 0 Å². The van der Waals surface area contributed by atoms with Gasteiger partial charge in [-0.15, -0.1) is 0 Å². The number of furan rings is 1. The summed E-state index contributed by atoms with van der Waals surface area (Å²) in [5.41, 5.74) is 0. The second-order valence-electron chi connectivity index (χ2n) is 3.41. The number of rotatable bonds is 5. The molecule has 1 rings (SSSR count). The number of carboxylic acid groups (broad SMARTS) is 1. The summed E-state index contributed by atoms with van der Waals surface area (Å²) in [7, 11) is 0. The van der Waals surface area contributed by atoms with Crippen LogP contribution in [0.4, 0.5) is 4.79 Å². The molecule has 0 aliphatic carbocycles. The average molecular weight is 242 g/mol. The Kier molecular flexibility index (Phi) is 4.53. The van der Waals surface area contributed by atoms with Crippen LogP contribution in [0.3, 0.4) is 0 Å². The van der Waals surface area contributed by atoms with Gasteiger partial charge in [-0.05, 0) is 19.1 Å². The van der Waals surface area contributed by atoms with E-state index in [0.717, 1.165) is 5.76 Å². The fourth-order valence-electron chi connectivity index (χ4n) is 1.14. The number of aryl methyl sites for hydroxylation is 1. The van der Waals surface area contributed by atoms with E-state index < -0.39 is 24.6 Å². The molecule has 7 nitrogen and oxygen atoms in total. The molecule has 1 aromatic rings. The van der Waals surface area contributed by atoms with Gasteiger partial charge in [0.2, 0.25) is 0 Å². The van der Waals surface area contributed by atoms with Gasteiger partial charge in [0.1, 0.15) is 11.5 Å². The molecule has 2 amide bonds. The minimum atomic E-state index is -1.31. The molecule has 1 aromatic heterocycles. The first kappa shape index (κ1) is 13.0. The van der Waals surface area contributed by atoms with Crippen molar-refractivity contribution in [2.45, 2.75) is 19.5 Å². The van der Waals surface area contributed by atoms with Crippen LogP contribution < -0.4 is 10.6 Å². The Hall–Kier alpha value is -2.02. The van der Waals surface area contributed by atoms with Gasteiger partial charge in [0.15, 0.2) is 6.04 Å². The zero-order valence-corrected chi connectivity index (χ0v) is 9.27. The molecule has 0 aliphatic heterocycles. The molecule has 1 heterocycles. The molecular formula is C10H14N2O5. The van der Waals surface area contributed by atoms with E-state index in [1.54, 1.807) is 19.1 Å². The number of urea groups is 1. The van der Waals surface area contributed by atoms with Crippen molar-refractivity contribution in [3.63, 3.8) is 0 Å². The summed E-state index contributed by atoms with van der Waals surface area (Å²) in [6.45, 7) is 1.26. The van der Waals surface area contributed by atoms with Crippen molar-refractivity contribution < 1.29 is 24.2 Å². The van der Waals surface area contributed by atoms with Crippen molar-refractivity contribution in [1.29, 1.82) is 0 Å². The average Bonchev–Trinajstić information content (AvgIpc) is 2.68. The normalized spacial score (nSPS) is 11.9. The van der Waals surface area contributed by atoms with Gasteiger partial charge in [0.25, 0.3) is 0 Å². The lowest BCUT2D eigenvalue weighted by atomic mass is 10.3. The molecule has 1 atom stereocenters. The molecule has 94 valence electrons. The Balaban J connectivity index is 2.37. The SMILES string of the molecule is Cc1ccc(CNC(=O)N[C@H](CO)C(=O)O)o1. The zero-order valence-electron chi connectivity index (χ0n) is 9.27. The second kappa shape index (κ2) is 5.90. The van der Waals surface area contributed by atoms with Crippen molar-refractivity contribution in [2.24, 2.45) is 0 Å². The summed E-state index contributed by atoms with van der Waals surface area (Å²) in [6.07, 6.45) is 0. The molecule has 0 spiro atoms. The Morgan fingerprint density at radius 3 is 2.65 bits per heavy atom. The Bertz CT molecular complexity index is 401. The Morgan fingerprint density at radius 2 is 2.18 bits per heavy atom. The fraction of sp³-hybridized carbons (Fsp3) is 0.400. The molecule has 0 aliphatic rings. The third-order valence-corrected chi connectivity index (χ3v) is 2.01. The highest BCUT2D eigenvalue weighted by atomic mass is 16.4. The van der Waals surface area contributed by atoms with Gasteiger partial charge in [0.05, 0.1) is 13.2 Å². The number of aliphatic hydroxyl groups is 1. The maximum atomic E-state index is 11.3. The first-order valence-electron chi connectivity index (χ1n) is 4.96. The molecule has 4 N–H and O–H groups in total. The number of amides is 2. The lowest BCUT2D eigenvalue weighted by Crippen LogP contribution is -2.47. The highest BCUT2D eigenvalue weighted by Crippen LogP contribution is 2.05. The highest BCUT2D eigenvalue weighted by molar-refractivity contribution is 5.82. The van der Waals surface area contributed by atoms with Gasteiger partial charge in [-0.25, -0.2) is 9.59 Å². The van der Waals surface area contributed by atoms with Gasteiger partial charge in [-0.2, -0.15) is 0 Å².